The van der Waals surface area contributed by atoms with Crippen LogP contribution in [0.15, 0.2) is 24.3 Å². The van der Waals surface area contributed by atoms with E-state index in [1.165, 1.54) is 6.92 Å². The lowest BCUT2D eigenvalue weighted by molar-refractivity contribution is -0.122. The molecular weight excluding hydrogens is 294 g/mol. The van der Waals surface area contributed by atoms with Crippen LogP contribution in [0.2, 0.25) is 0 Å². The molecule has 1 aromatic rings. The average Bonchev–Trinajstić information content (AvgIpc) is 2.52. The zero-order valence-corrected chi connectivity index (χ0v) is 13.4. The van der Waals surface area contributed by atoms with Gasteiger partial charge < -0.3 is 22.1 Å². The van der Waals surface area contributed by atoms with Crippen molar-refractivity contribution in [1.29, 1.82) is 5.41 Å². The van der Waals surface area contributed by atoms with E-state index in [1.807, 2.05) is 12.1 Å². The lowest BCUT2D eigenvalue weighted by Gasteiger charge is -2.12. The molecule has 0 aliphatic carbocycles. The zero-order valence-electron chi connectivity index (χ0n) is 13.4. The maximum absolute atomic E-state index is 11.9. The van der Waals surface area contributed by atoms with Crippen molar-refractivity contribution in [3.05, 3.63) is 35.4 Å². The highest BCUT2D eigenvalue weighted by atomic mass is 16.2. The van der Waals surface area contributed by atoms with Crippen molar-refractivity contribution in [1.82, 2.24) is 10.6 Å². The number of benzene rings is 1. The molecule has 23 heavy (non-hydrogen) atoms. The van der Waals surface area contributed by atoms with Crippen LogP contribution in [0.25, 0.3) is 0 Å². The summed E-state index contributed by atoms with van der Waals surface area (Å²) in [5.41, 5.74) is 12.8. The summed E-state index contributed by atoms with van der Waals surface area (Å²) in [7, 11) is 0. The number of amides is 2. The number of nitrogen functional groups attached to an aromatic ring is 1. The van der Waals surface area contributed by atoms with Crippen LogP contribution >= 0.6 is 0 Å². The standard InChI is InChI=1S/C16H25N5O2/c1-11(22)20-9-3-2-4-14(17)16(23)21-10-12-5-7-13(8-6-12)15(18)19/h5-8,14H,2-4,9-10,17H2,1H3,(H3,18,19)(H,20,22)(H,21,23). The van der Waals surface area contributed by atoms with Crippen LogP contribution in [0, 0.1) is 5.41 Å². The van der Waals surface area contributed by atoms with Gasteiger partial charge in [0.05, 0.1) is 6.04 Å². The maximum Gasteiger partial charge on any atom is 0.237 e. The third-order valence-electron chi connectivity index (χ3n) is 3.38. The van der Waals surface area contributed by atoms with E-state index in [2.05, 4.69) is 10.6 Å². The van der Waals surface area contributed by atoms with Gasteiger partial charge in [-0.3, -0.25) is 15.0 Å². The van der Waals surface area contributed by atoms with Crippen LogP contribution in [0.3, 0.4) is 0 Å². The molecule has 1 atom stereocenters. The Morgan fingerprint density at radius 2 is 1.83 bits per heavy atom. The molecule has 7 heteroatoms. The molecule has 0 aromatic heterocycles. The minimum absolute atomic E-state index is 0.0156. The normalized spacial score (nSPS) is 11.6. The average molecular weight is 319 g/mol. The van der Waals surface area contributed by atoms with Gasteiger partial charge in [0, 0.05) is 25.6 Å². The molecule has 0 bridgehead atoms. The summed E-state index contributed by atoms with van der Waals surface area (Å²) in [5, 5.41) is 12.8. The van der Waals surface area contributed by atoms with Crippen LogP contribution in [0.1, 0.15) is 37.3 Å². The molecule has 0 aliphatic heterocycles. The molecule has 0 aliphatic rings. The number of nitrogens with two attached hydrogens (primary N) is 2. The molecule has 0 spiro atoms. The molecule has 2 amide bonds. The number of nitrogens with one attached hydrogen (secondary N) is 3. The monoisotopic (exact) mass is 319 g/mol. The number of hydrogen-bond acceptors (Lipinski definition) is 4. The molecule has 0 saturated heterocycles. The fourth-order valence-electron chi connectivity index (χ4n) is 2.01. The van der Waals surface area contributed by atoms with Gasteiger partial charge >= 0.3 is 0 Å². The molecule has 0 radical (unpaired) electrons. The summed E-state index contributed by atoms with van der Waals surface area (Å²) in [6.07, 6.45) is 2.16. The van der Waals surface area contributed by atoms with Gasteiger partial charge in [-0.15, -0.1) is 0 Å². The second kappa shape index (κ2) is 9.58. The van der Waals surface area contributed by atoms with E-state index >= 15 is 0 Å². The highest BCUT2D eigenvalue weighted by molar-refractivity contribution is 5.94. The Labute approximate surface area is 136 Å². The topological polar surface area (TPSA) is 134 Å². The van der Waals surface area contributed by atoms with Gasteiger partial charge in [0.1, 0.15) is 5.84 Å². The van der Waals surface area contributed by atoms with Gasteiger partial charge in [0.25, 0.3) is 0 Å². The zero-order chi connectivity index (χ0) is 17.2. The number of rotatable bonds is 9. The summed E-state index contributed by atoms with van der Waals surface area (Å²) >= 11 is 0. The first-order valence-electron chi connectivity index (χ1n) is 7.61. The van der Waals surface area contributed by atoms with E-state index in [1.54, 1.807) is 12.1 Å². The molecule has 7 nitrogen and oxygen atoms in total. The minimum atomic E-state index is -0.552. The van der Waals surface area contributed by atoms with E-state index < -0.39 is 6.04 Å². The Kier molecular flexibility index (Phi) is 7.76. The third-order valence-corrected chi connectivity index (χ3v) is 3.38. The van der Waals surface area contributed by atoms with Gasteiger partial charge in [-0.05, 0) is 24.8 Å². The van der Waals surface area contributed by atoms with Gasteiger partial charge in [-0.1, -0.05) is 24.3 Å². The van der Waals surface area contributed by atoms with Crippen molar-refractivity contribution in [2.45, 2.75) is 38.8 Å². The first-order valence-corrected chi connectivity index (χ1v) is 7.61. The SMILES string of the molecule is CC(=O)NCCCCC(N)C(=O)NCc1ccc(C(=N)N)cc1. The molecule has 1 rings (SSSR count). The molecule has 1 aromatic carbocycles. The summed E-state index contributed by atoms with van der Waals surface area (Å²) in [5.74, 6) is -0.232. The van der Waals surface area contributed by atoms with Crippen molar-refractivity contribution < 1.29 is 9.59 Å². The van der Waals surface area contributed by atoms with E-state index in [4.69, 9.17) is 16.9 Å². The predicted octanol–water partition coefficient (Wildman–Crippen LogP) is 0.221. The maximum atomic E-state index is 11.9. The van der Waals surface area contributed by atoms with Crippen LogP contribution in [-0.4, -0.2) is 30.2 Å². The Morgan fingerprint density at radius 1 is 1.17 bits per heavy atom. The molecular formula is C16H25N5O2. The molecule has 0 saturated carbocycles. The van der Waals surface area contributed by atoms with Crippen LogP contribution in [0.5, 0.6) is 0 Å². The fourth-order valence-corrected chi connectivity index (χ4v) is 2.01. The lowest BCUT2D eigenvalue weighted by atomic mass is 10.1. The number of hydrogen-bond donors (Lipinski definition) is 5. The third kappa shape index (κ3) is 7.42. The van der Waals surface area contributed by atoms with Crippen LogP contribution < -0.4 is 22.1 Å². The van der Waals surface area contributed by atoms with Crippen molar-refractivity contribution in [2.24, 2.45) is 11.5 Å². The second-order valence-corrected chi connectivity index (χ2v) is 5.41. The Bertz CT molecular complexity index is 542. The summed E-state index contributed by atoms with van der Waals surface area (Å²) in [4.78, 5) is 22.6. The van der Waals surface area contributed by atoms with E-state index in [9.17, 15) is 9.59 Å². The summed E-state index contributed by atoms with van der Waals surface area (Å²) in [6, 6.07) is 6.56. The van der Waals surface area contributed by atoms with Gasteiger partial charge in [0.2, 0.25) is 11.8 Å². The van der Waals surface area contributed by atoms with Crippen LogP contribution in [0.4, 0.5) is 0 Å². The second-order valence-electron chi connectivity index (χ2n) is 5.41. The minimum Gasteiger partial charge on any atom is -0.384 e. The van der Waals surface area contributed by atoms with Crippen molar-refractivity contribution >= 4 is 17.6 Å². The molecule has 0 heterocycles. The Hall–Kier alpha value is -2.41. The van der Waals surface area contributed by atoms with E-state index in [-0.39, 0.29) is 17.6 Å². The number of carbonyl (C=O) groups excluding carboxylic acids is 2. The highest BCUT2D eigenvalue weighted by Crippen LogP contribution is 2.04. The van der Waals surface area contributed by atoms with Crippen molar-refractivity contribution in [2.75, 3.05) is 6.54 Å². The largest absolute Gasteiger partial charge is 0.384 e. The quantitative estimate of drug-likeness (QED) is 0.253. The van der Waals surface area contributed by atoms with Gasteiger partial charge in [-0.25, -0.2) is 0 Å². The Morgan fingerprint density at radius 3 is 2.39 bits per heavy atom. The first-order chi connectivity index (χ1) is 10.9. The van der Waals surface area contributed by atoms with Crippen molar-refractivity contribution in [3.8, 4) is 0 Å². The number of amidine groups is 1. The van der Waals surface area contributed by atoms with E-state index in [0.29, 0.717) is 25.1 Å². The van der Waals surface area contributed by atoms with Crippen LogP contribution in [-0.2, 0) is 16.1 Å². The molecule has 1 unspecified atom stereocenters. The number of unbranched alkanes of at least 4 members (excludes halogenated alkanes) is 1. The van der Waals surface area contributed by atoms with Crippen molar-refractivity contribution in [3.63, 3.8) is 0 Å². The first kappa shape index (κ1) is 18.6. The van der Waals surface area contributed by atoms with Gasteiger partial charge in [0.15, 0.2) is 0 Å². The lowest BCUT2D eigenvalue weighted by Crippen LogP contribution is -2.40. The summed E-state index contributed by atoms with van der Waals surface area (Å²) in [6.45, 7) is 2.46. The molecule has 7 N–H and O–H groups in total. The molecule has 0 fully saturated rings. The van der Waals surface area contributed by atoms with Gasteiger partial charge in [-0.2, -0.15) is 0 Å². The highest BCUT2D eigenvalue weighted by Gasteiger charge is 2.12. The fraction of sp³-hybridized carbons (Fsp3) is 0.438. The smallest absolute Gasteiger partial charge is 0.237 e. The predicted molar refractivity (Wildman–Crippen MR) is 89.8 cm³/mol. The van der Waals surface area contributed by atoms with E-state index in [0.717, 1.165) is 18.4 Å². The molecule has 126 valence electrons. The number of carbonyl (C=O) groups is 2. The summed E-state index contributed by atoms with van der Waals surface area (Å²) < 4.78 is 0. The Balaban J connectivity index is 2.26.